The minimum Gasteiger partial charge on any atom is -0.354 e. The lowest BCUT2D eigenvalue weighted by molar-refractivity contribution is -0.135. The molecule has 1 aromatic carbocycles. The van der Waals surface area contributed by atoms with E-state index in [1.54, 1.807) is 30.3 Å². The molecular formula is C21H21N5O3S. The molecule has 0 bridgehead atoms. The second kappa shape index (κ2) is 6.94. The van der Waals surface area contributed by atoms with Gasteiger partial charge in [0.25, 0.3) is 11.8 Å². The molecule has 1 fully saturated rings. The van der Waals surface area contributed by atoms with E-state index in [1.165, 1.54) is 11.3 Å². The van der Waals surface area contributed by atoms with Crippen molar-refractivity contribution < 1.29 is 14.4 Å². The second-order valence-electron chi connectivity index (χ2n) is 7.82. The van der Waals surface area contributed by atoms with Crippen molar-refractivity contribution in [2.24, 2.45) is 0 Å². The molecule has 9 heteroatoms. The van der Waals surface area contributed by atoms with Crippen LogP contribution in [-0.4, -0.2) is 52.0 Å². The third kappa shape index (κ3) is 3.15. The highest BCUT2D eigenvalue weighted by Crippen LogP contribution is 2.39. The van der Waals surface area contributed by atoms with Crippen LogP contribution < -0.4 is 10.6 Å². The number of benzene rings is 1. The number of H-pyrrole nitrogens is 1. The molecule has 1 saturated carbocycles. The number of hydrogen-bond donors (Lipinski definition) is 3. The Morgan fingerprint density at radius 1 is 1.20 bits per heavy atom. The average Bonchev–Trinajstić information content (AvgIpc) is 3.20. The van der Waals surface area contributed by atoms with E-state index in [1.807, 2.05) is 12.1 Å². The van der Waals surface area contributed by atoms with Crippen LogP contribution >= 0.6 is 11.3 Å². The predicted octanol–water partition coefficient (Wildman–Crippen LogP) is 1.83. The summed E-state index contributed by atoms with van der Waals surface area (Å²) in [6, 6.07) is 7.19. The molecule has 3 N–H and O–H groups in total. The predicted molar refractivity (Wildman–Crippen MR) is 112 cm³/mol. The van der Waals surface area contributed by atoms with Crippen molar-refractivity contribution >= 4 is 40.0 Å². The molecule has 3 aromatic rings. The molecule has 2 aliphatic rings. The quantitative estimate of drug-likeness (QED) is 0.595. The molecule has 0 atom stereocenters. The van der Waals surface area contributed by atoms with Crippen LogP contribution in [0.1, 0.15) is 43.3 Å². The largest absolute Gasteiger partial charge is 0.354 e. The molecule has 30 heavy (non-hydrogen) atoms. The number of nitrogens with zero attached hydrogens (tertiary/aromatic N) is 2. The maximum Gasteiger partial charge on any atom is 0.261 e. The lowest BCUT2D eigenvalue weighted by Gasteiger charge is -2.31. The molecule has 8 nitrogen and oxygen atoms in total. The monoisotopic (exact) mass is 423 g/mol. The smallest absolute Gasteiger partial charge is 0.261 e. The van der Waals surface area contributed by atoms with Crippen LogP contribution in [0.3, 0.4) is 0 Å². The van der Waals surface area contributed by atoms with Gasteiger partial charge >= 0.3 is 0 Å². The van der Waals surface area contributed by atoms with Crippen molar-refractivity contribution in [1.82, 2.24) is 25.7 Å². The Morgan fingerprint density at radius 3 is 2.80 bits per heavy atom. The van der Waals surface area contributed by atoms with Crippen LogP contribution in [0.4, 0.5) is 0 Å². The van der Waals surface area contributed by atoms with E-state index in [0.717, 1.165) is 27.8 Å². The molecule has 0 saturated heterocycles. The van der Waals surface area contributed by atoms with Gasteiger partial charge in [0.15, 0.2) is 0 Å². The van der Waals surface area contributed by atoms with Gasteiger partial charge in [-0.1, -0.05) is 0 Å². The number of rotatable bonds is 4. The van der Waals surface area contributed by atoms with Gasteiger partial charge in [0.2, 0.25) is 5.91 Å². The molecule has 2 aromatic heterocycles. The number of fused-ring (bicyclic) bond motifs is 2. The van der Waals surface area contributed by atoms with Crippen molar-refractivity contribution in [2.75, 3.05) is 13.6 Å². The Bertz CT molecular complexity index is 1180. The summed E-state index contributed by atoms with van der Waals surface area (Å²) in [5.74, 6) is -0.398. The standard InChI is InChI=1S/C21H21N5O3S/c1-22-19(28)17-9-14-11-26(7-4-16(14)30-17)20(29)21(5-6-21)24-18(27)12-2-3-15-13(8-12)10-23-25-15/h2-3,8-10H,4-7,11H2,1H3,(H,22,28)(H,23,25)(H,24,27). The molecule has 154 valence electrons. The van der Waals surface area contributed by atoms with E-state index in [2.05, 4.69) is 20.8 Å². The van der Waals surface area contributed by atoms with Crippen LogP contribution in [-0.2, 0) is 17.8 Å². The fraction of sp³-hybridized carbons (Fsp3) is 0.333. The maximum absolute atomic E-state index is 13.2. The molecule has 0 unspecified atom stereocenters. The van der Waals surface area contributed by atoms with Gasteiger partial charge in [-0.05, 0) is 49.1 Å². The maximum atomic E-state index is 13.2. The van der Waals surface area contributed by atoms with Gasteiger partial charge in [-0.3, -0.25) is 19.5 Å². The molecule has 3 amide bonds. The van der Waals surface area contributed by atoms with Gasteiger partial charge in [-0.25, -0.2) is 0 Å². The Morgan fingerprint density at radius 2 is 2.03 bits per heavy atom. The van der Waals surface area contributed by atoms with Crippen LogP contribution in [0.5, 0.6) is 0 Å². The van der Waals surface area contributed by atoms with Crippen molar-refractivity contribution in [2.45, 2.75) is 31.3 Å². The lowest BCUT2D eigenvalue weighted by atomic mass is 10.1. The number of thiophene rings is 1. The van der Waals surface area contributed by atoms with Crippen molar-refractivity contribution in [1.29, 1.82) is 0 Å². The Kier molecular flexibility index (Phi) is 4.35. The molecular weight excluding hydrogens is 402 g/mol. The van der Waals surface area contributed by atoms with E-state index in [-0.39, 0.29) is 17.7 Å². The van der Waals surface area contributed by atoms with E-state index in [9.17, 15) is 14.4 Å². The van der Waals surface area contributed by atoms with E-state index in [0.29, 0.717) is 36.4 Å². The van der Waals surface area contributed by atoms with Gasteiger partial charge < -0.3 is 15.5 Å². The third-order valence-electron chi connectivity index (χ3n) is 5.82. The highest BCUT2D eigenvalue weighted by molar-refractivity contribution is 7.14. The van der Waals surface area contributed by atoms with Crippen LogP contribution in [0.25, 0.3) is 10.9 Å². The highest BCUT2D eigenvalue weighted by atomic mass is 32.1. The van der Waals surface area contributed by atoms with Gasteiger partial charge in [0, 0.05) is 36.0 Å². The van der Waals surface area contributed by atoms with E-state index in [4.69, 9.17) is 0 Å². The summed E-state index contributed by atoms with van der Waals surface area (Å²) >= 11 is 1.49. The molecule has 5 rings (SSSR count). The summed E-state index contributed by atoms with van der Waals surface area (Å²) in [7, 11) is 1.61. The fourth-order valence-electron chi connectivity index (χ4n) is 3.93. The van der Waals surface area contributed by atoms with Gasteiger partial charge in [0.05, 0.1) is 16.6 Å². The van der Waals surface area contributed by atoms with Crippen LogP contribution in [0, 0.1) is 0 Å². The molecule has 1 aliphatic carbocycles. The summed E-state index contributed by atoms with van der Waals surface area (Å²) in [5, 5.41) is 13.3. The Labute approximate surface area is 176 Å². The number of hydrogen-bond acceptors (Lipinski definition) is 5. The fourth-order valence-corrected chi connectivity index (χ4v) is 5.04. The number of carbonyl (C=O) groups excluding carboxylic acids is 3. The normalized spacial score (nSPS) is 16.8. The number of amides is 3. The first-order valence-corrected chi connectivity index (χ1v) is 10.7. The summed E-state index contributed by atoms with van der Waals surface area (Å²) in [5.41, 5.74) is 1.57. The van der Waals surface area contributed by atoms with Crippen LogP contribution in [0.2, 0.25) is 0 Å². The van der Waals surface area contributed by atoms with Gasteiger partial charge in [-0.15, -0.1) is 11.3 Å². The van der Waals surface area contributed by atoms with E-state index >= 15 is 0 Å². The number of aromatic nitrogens is 2. The summed E-state index contributed by atoms with van der Waals surface area (Å²) in [6.07, 6.45) is 3.68. The van der Waals surface area contributed by atoms with Crippen molar-refractivity contribution in [3.63, 3.8) is 0 Å². The number of nitrogens with one attached hydrogen (secondary N) is 3. The summed E-state index contributed by atoms with van der Waals surface area (Å²) in [6.45, 7) is 1.07. The number of aromatic amines is 1. The SMILES string of the molecule is CNC(=O)c1cc2c(s1)CCN(C(=O)C1(NC(=O)c3ccc4[nH]ncc4c3)CC1)C2. The van der Waals surface area contributed by atoms with Crippen molar-refractivity contribution in [3.05, 3.63) is 51.3 Å². The van der Waals surface area contributed by atoms with Crippen LogP contribution in [0.15, 0.2) is 30.5 Å². The first-order valence-electron chi connectivity index (χ1n) is 9.88. The van der Waals surface area contributed by atoms with Crippen molar-refractivity contribution in [3.8, 4) is 0 Å². The zero-order valence-corrected chi connectivity index (χ0v) is 17.3. The minimum absolute atomic E-state index is 0.0430. The lowest BCUT2D eigenvalue weighted by Crippen LogP contribution is -2.51. The Hall–Kier alpha value is -3.20. The topological polar surface area (TPSA) is 107 Å². The minimum atomic E-state index is -0.820. The average molecular weight is 423 g/mol. The molecule has 0 radical (unpaired) electrons. The van der Waals surface area contributed by atoms with E-state index < -0.39 is 5.54 Å². The second-order valence-corrected chi connectivity index (χ2v) is 8.96. The van der Waals surface area contributed by atoms with Gasteiger partial charge in [-0.2, -0.15) is 5.10 Å². The first kappa shape index (κ1) is 18.8. The first-order chi connectivity index (χ1) is 14.5. The zero-order valence-electron chi connectivity index (χ0n) is 16.4. The summed E-state index contributed by atoms with van der Waals surface area (Å²) in [4.78, 5) is 41.6. The molecule has 3 heterocycles. The van der Waals surface area contributed by atoms with Gasteiger partial charge in [0.1, 0.15) is 5.54 Å². The molecule has 1 aliphatic heterocycles. The summed E-state index contributed by atoms with van der Waals surface area (Å²) < 4.78 is 0. The highest BCUT2D eigenvalue weighted by Gasteiger charge is 2.53. The molecule has 0 spiro atoms. The third-order valence-corrected chi connectivity index (χ3v) is 7.06. The Balaban J connectivity index is 1.30. The number of carbonyl (C=O) groups is 3. The zero-order chi connectivity index (χ0) is 20.9.